The van der Waals surface area contributed by atoms with Gasteiger partial charge in [0.1, 0.15) is 12.2 Å². The predicted molar refractivity (Wildman–Crippen MR) is 107 cm³/mol. The van der Waals surface area contributed by atoms with Gasteiger partial charge in [-0.05, 0) is 51.4 Å². The number of carbonyl (C=O) groups is 2. The average Bonchev–Trinajstić information content (AvgIpc) is 3.15. The molecule has 5 rings (SSSR count). The van der Waals surface area contributed by atoms with E-state index in [-0.39, 0.29) is 42.3 Å². The van der Waals surface area contributed by atoms with E-state index in [0.29, 0.717) is 6.04 Å². The molecule has 5 fully saturated rings. The summed E-state index contributed by atoms with van der Waals surface area (Å²) in [6, 6.07) is 1.74. The van der Waals surface area contributed by atoms with Crippen LogP contribution in [0.15, 0.2) is 0 Å². The Morgan fingerprint density at radius 3 is 2.34 bits per heavy atom. The molecule has 5 aliphatic rings. The van der Waals surface area contributed by atoms with E-state index in [1.165, 1.54) is 24.2 Å². The zero-order chi connectivity index (χ0) is 20.5. The van der Waals surface area contributed by atoms with Gasteiger partial charge in [0.05, 0.1) is 19.2 Å². The van der Waals surface area contributed by atoms with E-state index in [4.69, 9.17) is 5.26 Å². The Labute approximate surface area is 172 Å². The van der Waals surface area contributed by atoms with E-state index in [9.17, 15) is 14.0 Å². The van der Waals surface area contributed by atoms with E-state index < -0.39 is 12.2 Å². The highest BCUT2D eigenvalue weighted by Gasteiger charge is 2.52. The van der Waals surface area contributed by atoms with Gasteiger partial charge in [0.25, 0.3) is 0 Å². The lowest BCUT2D eigenvalue weighted by Gasteiger charge is -2.53. The molecule has 0 spiro atoms. The maximum Gasteiger partial charge on any atom is 0.237 e. The van der Waals surface area contributed by atoms with Gasteiger partial charge in [0.15, 0.2) is 0 Å². The number of hydrogen-bond donors (Lipinski definition) is 2. The number of nitrogens with one attached hydrogen (secondary N) is 2. The summed E-state index contributed by atoms with van der Waals surface area (Å²) < 4.78 is 13.6. The molecule has 7 heteroatoms. The smallest absolute Gasteiger partial charge is 0.237 e. The van der Waals surface area contributed by atoms with Crippen LogP contribution in [0.25, 0.3) is 0 Å². The second kappa shape index (κ2) is 8.22. The van der Waals surface area contributed by atoms with Gasteiger partial charge >= 0.3 is 0 Å². The van der Waals surface area contributed by atoms with Gasteiger partial charge in [-0.3, -0.25) is 9.59 Å². The summed E-state index contributed by atoms with van der Waals surface area (Å²) in [6.07, 6.45) is 10.2. The van der Waals surface area contributed by atoms with Crippen LogP contribution in [0, 0.1) is 16.7 Å². The highest BCUT2D eigenvalue weighted by atomic mass is 19.1. The molecule has 6 nitrogen and oxygen atoms in total. The lowest BCUT2D eigenvalue weighted by Crippen LogP contribution is -2.60. The topological polar surface area (TPSA) is 85.2 Å². The lowest BCUT2D eigenvalue weighted by atomic mass is 9.56. The van der Waals surface area contributed by atoms with Crippen LogP contribution in [0.4, 0.5) is 4.39 Å². The van der Waals surface area contributed by atoms with Crippen molar-refractivity contribution in [1.82, 2.24) is 15.5 Å². The van der Waals surface area contributed by atoms with E-state index in [2.05, 4.69) is 10.6 Å². The molecule has 0 aromatic heterocycles. The molecule has 2 N–H and O–H groups in total. The largest absolute Gasteiger partial charge is 0.353 e. The summed E-state index contributed by atoms with van der Waals surface area (Å²) in [5.41, 5.74) is -0.327. The van der Waals surface area contributed by atoms with Crippen molar-refractivity contribution < 1.29 is 14.0 Å². The normalized spacial score (nSPS) is 37.3. The Balaban J connectivity index is 1.29. The van der Waals surface area contributed by atoms with Crippen molar-refractivity contribution in [2.24, 2.45) is 5.41 Å². The molecule has 1 aliphatic heterocycles. The Bertz CT molecular complexity index is 660. The van der Waals surface area contributed by atoms with Gasteiger partial charge < -0.3 is 15.5 Å². The minimum atomic E-state index is -1.10. The molecule has 4 aliphatic carbocycles. The number of likely N-dealkylation sites (tertiary alicyclic amines) is 1. The van der Waals surface area contributed by atoms with E-state index >= 15 is 0 Å². The first kappa shape index (κ1) is 20.6. The lowest BCUT2D eigenvalue weighted by molar-refractivity contribution is -0.140. The molecule has 29 heavy (non-hydrogen) atoms. The van der Waals surface area contributed by atoms with E-state index in [1.807, 2.05) is 6.07 Å². The maximum atomic E-state index is 13.6. The second-order valence-electron chi connectivity index (χ2n) is 9.75. The highest BCUT2D eigenvalue weighted by Crippen LogP contribution is 2.52. The molecule has 0 aromatic carbocycles. The summed E-state index contributed by atoms with van der Waals surface area (Å²) >= 11 is 0. The molecule has 2 unspecified atom stereocenters. The van der Waals surface area contributed by atoms with Crippen molar-refractivity contribution >= 4 is 11.8 Å². The van der Waals surface area contributed by atoms with Crippen molar-refractivity contribution in [2.75, 3.05) is 13.1 Å². The van der Waals surface area contributed by atoms with E-state index in [0.717, 1.165) is 51.4 Å². The Kier molecular flexibility index (Phi) is 5.83. The summed E-state index contributed by atoms with van der Waals surface area (Å²) in [4.78, 5) is 27.0. The fraction of sp³-hybridized carbons (Fsp3) is 0.864. The van der Waals surface area contributed by atoms with Crippen molar-refractivity contribution in [3.63, 3.8) is 0 Å². The van der Waals surface area contributed by atoms with Crippen molar-refractivity contribution in [3.8, 4) is 6.07 Å². The summed E-state index contributed by atoms with van der Waals surface area (Å²) in [5.74, 6) is 0.0558. The molecule has 2 bridgehead atoms. The van der Waals surface area contributed by atoms with Crippen molar-refractivity contribution in [3.05, 3.63) is 0 Å². The first-order chi connectivity index (χ1) is 14.0. The van der Waals surface area contributed by atoms with Crippen molar-refractivity contribution in [2.45, 2.75) is 101 Å². The third-order valence-corrected chi connectivity index (χ3v) is 8.00. The molecule has 0 aromatic rings. The third kappa shape index (κ3) is 4.14. The van der Waals surface area contributed by atoms with Gasteiger partial charge in [0, 0.05) is 23.4 Å². The molecule has 2 atom stereocenters. The minimum Gasteiger partial charge on any atom is -0.353 e. The Morgan fingerprint density at radius 2 is 1.72 bits per heavy atom. The Morgan fingerprint density at radius 1 is 1.07 bits per heavy atom. The fourth-order valence-electron chi connectivity index (χ4n) is 5.92. The quantitative estimate of drug-likeness (QED) is 0.738. The van der Waals surface area contributed by atoms with Crippen LogP contribution in [-0.4, -0.2) is 53.6 Å². The number of hydrogen-bond acceptors (Lipinski definition) is 4. The van der Waals surface area contributed by atoms with Crippen LogP contribution in [0.3, 0.4) is 0 Å². The van der Waals surface area contributed by atoms with Crippen LogP contribution in [0.2, 0.25) is 0 Å². The molecular weight excluding hydrogens is 371 g/mol. The standard InChI is InChI=1S/C22H33FN4O2/c23-16-12-18(13-24)27(15-16)19(28)14-25-22-9-6-21(7-10-22,8-11-22)20(29)26-17-4-2-1-3-5-17/h16-18,25H,1-12,14-15H2,(H,26,29). The van der Waals surface area contributed by atoms with Gasteiger partial charge in [-0.1, -0.05) is 19.3 Å². The molecule has 0 radical (unpaired) electrons. The zero-order valence-corrected chi connectivity index (χ0v) is 17.2. The first-order valence-electron chi connectivity index (χ1n) is 11.3. The fourth-order valence-corrected chi connectivity index (χ4v) is 5.92. The third-order valence-electron chi connectivity index (χ3n) is 8.00. The maximum absolute atomic E-state index is 13.6. The number of halogens is 1. The minimum absolute atomic E-state index is 0.0240. The van der Waals surface area contributed by atoms with E-state index in [1.54, 1.807) is 0 Å². The van der Waals surface area contributed by atoms with Crippen LogP contribution in [0.5, 0.6) is 0 Å². The van der Waals surface area contributed by atoms with Gasteiger partial charge in [-0.25, -0.2) is 4.39 Å². The number of alkyl halides is 1. The number of carbonyl (C=O) groups excluding carboxylic acids is 2. The Hall–Kier alpha value is -1.68. The van der Waals surface area contributed by atoms with Gasteiger partial charge in [-0.2, -0.15) is 5.26 Å². The molecule has 2 amide bonds. The number of nitrogens with zero attached hydrogens (tertiary/aromatic N) is 2. The van der Waals surface area contributed by atoms with Gasteiger partial charge in [0.2, 0.25) is 11.8 Å². The number of rotatable bonds is 5. The van der Waals surface area contributed by atoms with Crippen LogP contribution < -0.4 is 10.6 Å². The number of fused-ring (bicyclic) bond motifs is 3. The van der Waals surface area contributed by atoms with Crippen LogP contribution in [-0.2, 0) is 9.59 Å². The van der Waals surface area contributed by atoms with Crippen LogP contribution in [0.1, 0.15) is 77.0 Å². The second-order valence-corrected chi connectivity index (χ2v) is 9.75. The summed E-state index contributed by atoms with van der Waals surface area (Å²) in [6.45, 7) is 0.169. The summed E-state index contributed by atoms with van der Waals surface area (Å²) in [7, 11) is 0. The van der Waals surface area contributed by atoms with Crippen LogP contribution >= 0.6 is 0 Å². The first-order valence-corrected chi connectivity index (χ1v) is 11.3. The number of amides is 2. The SMILES string of the molecule is N#CC1CC(F)CN1C(=O)CNC12CCC(C(=O)NC3CCCCC3)(CC1)CC2. The summed E-state index contributed by atoms with van der Waals surface area (Å²) in [5, 5.41) is 15.9. The zero-order valence-electron chi connectivity index (χ0n) is 17.2. The molecule has 4 saturated carbocycles. The molecule has 160 valence electrons. The monoisotopic (exact) mass is 404 g/mol. The molecular formula is C22H33FN4O2. The highest BCUT2D eigenvalue weighted by molar-refractivity contribution is 5.83. The van der Waals surface area contributed by atoms with Crippen molar-refractivity contribution in [1.29, 1.82) is 5.26 Å². The predicted octanol–water partition coefficient (Wildman–Crippen LogP) is 2.58. The molecule has 1 saturated heterocycles. The van der Waals surface area contributed by atoms with Gasteiger partial charge in [-0.15, -0.1) is 0 Å². The number of nitriles is 1. The molecule has 1 heterocycles. The average molecular weight is 405 g/mol.